The van der Waals surface area contributed by atoms with Gasteiger partial charge in [0.05, 0.1) is 34.2 Å². The molecule has 2 aliphatic rings. The number of amides is 3. The first kappa shape index (κ1) is 46.4. The van der Waals surface area contributed by atoms with Crippen molar-refractivity contribution in [2.75, 3.05) is 13.1 Å². The number of likely N-dealkylation sites (tertiary alicyclic amines) is 2. The maximum absolute atomic E-state index is 14.3. The Morgan fingerprint density at radius 2 is 1.05 bits per heavy atom. The van der Waals surface area contributed by atoms with Gasteiger partial charge in [-0.1, -0.05) is 109 Å². The Balaban J connectivity index is 0.922. The molecule has 0 unspecified atom stereocenters. The molecule has 1 N–H and O–H groups in total. The highest BCUT2D eigenvalue weighted by Crippen LogP contribution is 2.41. The summed E-state index contributed by atoms with van der Waals surface area (Å²) in [6.07, 6.45) is 6.42. The Hall–Kier alpha value is -6.18. The van der Waals surface area contributed by atoms with Gasteiger partial charge in [0.15, 0.2) is 0 Å². The van der Waals surface area contributed by atoms with Crippen molar-refractivity contribution in [3.63, 3.8) is 0 Å². The van der Waals surface area contributed by atoms with E-state index in [0.717, 1.165) is 73.3 Å². The molecule has 6 aromatic rings. The normalized spacial score (nSPS) is 17.3. The maximum atomic E-state index is 14.3. The lowest BCUT2D eigenvalue weighted by atomic mass is 9.93. The molecule has 4 heterocycles. The fourth-order valence-electron chi connectivity index (χ4n) is 8.69. The predicted molar refractivity (Wildman–Crippen MR) is 260 cm³/mol. The van der Waals surface area contributed by atoms with Crippen molar-refractivity contribution < 1.29 is 28.7 Å². The molecule has 2 aromatic heterocycles. The van der Waals surface area contributed by atoms with Gasteiger partial charge in [0.25, 0.3) is 5.91 Å². The van der Waals surface area contributed by atoms with E-state index in [0.29, 0.717) is 18.7 Å². The standard InChI is InChI=1S/C53H57N5O6S2/c1-52(2,3)63-45(59)31-40(36-15-9-7-10-16-36)49(60)57-29-13-19-41(57)47-54-32-43(65-47)37-25-21-34(22-26-37)35-23-27-38(28-24-35)44-33-55-48(66-44)42-20-14-30-58(42)50(61)46(39-17-11-8-12-18-39)56-51(62)64-53(4,5)6/h7-12,15-18,21-28,32-33,40-42,46H,13-14,19-20,29-31H2,1-6H3,(H,56,62)/t40-,41+,42+,46-/m1/s1. The fourth-order valence-corrected chi connectivity index (χ4v) is 10.8. The van der Waals surface area contributed by atoms with Gasteiger partial charge in [-0.25, -0.2) is 14.8 Å². The van der Waals surface area contributed by atoms with Crippen LogP contribution in [0.15, 0.2) is 122 Å². The van der Waals surface area contributed by atoms with Crippen LogP contribution in [0.4, 0.5) is 4.79 Å². The third-order valence-corrected chi connectivity index (χ3v) is 14.0. The number of carbonyl (C=O) groups excluding carboxylic acids is 4. The third-order valence-electron chi connectivity index (χ3n) is 11.7. The third kappa shape index (κ3) is 11.1. The Bertz CT molecular complexity index is 2450. The van der Waals surface area contributed by atoms with Crippen molar-refractivity contribution in [3.8, 4) is 32.0 Å². The van der Waals surface area contributed by atoms with Gasteiger partial charge in [-0.3, -0.25) is 14.4 Å². The van der Waals surface area contributed by atoms with Gasteiger partial charge in [-0.05, 0) is 101 Å². The van der Waals surface area contributed by atoms with Gasteiger partial charge in [0.2, 0.25) is 5.91 Å². The second-order valence-electron chi connectivity index (χ2n) is 18.9. The number of aromatic nitrogens is 2. The van der Waals surface area contributed by atoms with Crippen LogP contribution < -0.4 is 5.32 Å². The second-order valence-corrected chi connectivity index (χ2v) is 21.0. The molecule has 342 valence electrons. The quantitative estimate of drug-likeness (QED) is 0.120. The van der Waals surface area contributed by atoms with E-state index in [-0.39, 0.29) is 30.3 Å². The smallest absolute Gasteiger partial charge is 0.408 e. The molecule has 8 rings (SSSR count). The number of esters is 1. The Kier molecular flexibility index (Phi) is 13.9. The van der Waals surface area contributed by atoms with Gasteiger partial charge in [0, 0.05) is 25.5 Å². The van der Waals surface area contributed by atoms with Crippen LogP contribution in [-0.4, -0.2) is 67.9 Å². The van der Waals surface area contributed by atoms with Crippen LogP contribution in [0.5, 0.6) is 0 Å². The first-order valence-corrected chi connectivity index (χ1v) is 24.3. The molecule has 3 amide bonds. The number of nitrogens with zero attached hydrogens (tertiary/aromatic N) is 4. The van der Waals surface area contributed by atoms with E-state index in [1.165, 1.54) is 0 Å². The van der Waals surface area contributed by atoms with Crippen LogP contribution >= 0.6 is 22.7 Å². The van der Waals surface area contributed by atoms with E-state index in [4.69, 9.17) is 19.4 Å². The van der Waals surface area contributed by atoms with Crippen molar-refractivity contribution >= 4 is 46.6 Å². The summed E-state index contributed by atoms with van der Waals surface area (Å²) < 4.78 is 11.2. The summed E-state index contributed by atoms with van der Waals surface area (Å²) in [5.41, 5.74) is 4.41. The van der Waals surface area contributed by atoms with Crippen molar-refractivity contribution in [2.24, 2.45) is 0 Å². The summed E-state index contributed by atoms with van der Waals surface area (Å²) in [5.74, 6) is -1.29. The lowest BCUT2D eigenvalue weighted by Crippen LogP contribution is -2.44. The van der Waals surface area contributed by atoms with Crippen molar-refractivity contribution in [1.29, 1.82) is 0 Å². The summed E-state index contributed by atoms with van der Waals surface area (Å²) in [6.45, 7) is 12.1. The Labute approximate surface area is 395 Å². The van der Waals surface area contributed by atoms with Gasteiger partial charge in [0.1, 0.15) is 27.3 Å². The van der Waals surface area contributed by atoms with Gasteiger partial charge in [-0.2, -0.15) is 0 Å². The first-order chi connectivity index (χ1) is 31.6. The summed E-state index contributed by atoms with van der Waals surface area (Å²) in [7, 11) is 0. The van der Waals surface area contributed by atoms with E-state index in [9.17, 15) is 19.2 Å². The topological polar surface area (TPSA) is 131 Å². The fraction of sp³-hybridized carbons (Fsp3) is 0.358. The van der Waals surface area contributed by atoms with E-state index in [2.05, 4.69) is 53.8 Å². The molecule has 13 heteroatoms. The molecule has 0 radical (unpaired) electrons. The highest BCUT2D eigenvalue weighted by atomic mass is 32.1. The first-order valence-electron chi connectivity index (χ1n) is 22.6. The van der Waals surface area contributed by atoms with Crippen molar-refractivity contribution in [2.45, 2.75) is 109 Å². The molecule has 4 aromatic carbocycles. The zero-order chi connectivity index (χ0) is 46.6. The van der Waals surface area contributed by atoms with E-state index in [1.807, 2.05) is 104 Å². The number of hydrogen-bond acceptors (Lipinski definition) is 10. The minimum absolute atomic E-state index is 0.0222. The van der Waals surface area contributed by atoms with Crippen LogP contribution in [0.1, 0.15) is 119 Å². The average molecular weight is 924 g/mol. The summed E-state index contributed by atoms with van der Waals surface area (Å²) >= 11 is 3.20. The average Bonchev–Trinajstić information content (AvgIpc) is 4.14. The van der Waals surface area contributed by atoms with Gasteiger partial charge < -0.3 is 24.6 Å². The molecule has 2 aliphatic heterocycles. The lowest BCUT2D eigenvalue weighted by Gasteiger charge is -2.29. The van der Waals surface area contributed by atoms with Crippen LogP contribution in [0.3, 0.4) is 0 Å². The maximum Gasteiger partial charge on any atom is 0.408 e. The minimum atomic E-state index is -0.889. The predicted octanol–water partition coefficient (Wildman–Crippen LogP) is 11.7. The largest absolute Gasteiger partial charge is 0.460 e. The molecule has 2 fully saturated rings. The number of hydrogen-bond donors (Lipinski definition) is 1. The second kappa shape index (κ2) is 19.7. The number of alkyl carbamates (subject to hydrolysis) is 1. The molecule has 11 nitrogen and oxygen atoms in total. The summed E-state index contributed by atoms with van der Waals surface area (Å²) in [6, 6.07) is 34.5. The number of benzene rings is 4. The van der Waals surface area contributed by atoms with Crippen molar-refractivity contribution in [3.05, 3.63) is 143 Å². The van der Waals surface area contributed by atoms with E-state index in [1.54, 1.807) is 43.4 Å². The van der Waals surface area contributed by atoms with E-state index < -0.39 is 35.2 Å². The molecule has 66 heavy (non-hydrogen) atoms. The zero-order valence-electron chi connectivity index (χ0n) is 38.4. The molecule has 4 atom stereocenters. The van der Waals surface area contributed by atoms with Crippen molar-refractivity contribution in [1.82, 2.24) is 25.1 Å². The molecule has 0 spiro atoms. The lowest BCUT2D eigenvalue weighted by molar-refractivity contribution is -0.157. The number of rotatable bonds is 12. The minimum Gasteiger partial charge on any atom is -0.460 e. The molecule has 0 saturated carbocycles. The number of ether oxygens (including phenoxy) is 2. The number of carbonyl (C=O) groups is 4. The Morgan fingerprint density at radius 1 is 0.606 bits per heavy atom. The highest BCUT2D eigenvalue weighted by molar-refractivity contribution is 7.15. The van der Waals surface area contributed by atoms with E-state index >= 15 is 0 Å². The van der Waals surface area contributed by atoms with Crippen LogP contribution in [0, 0.1) is 0 Å². The molecular formula is C53H57N5O6S2. The highest BCUT2D eigenvalue weighted by Gasteiger charge is 2.39. The molecule has 0 bridgehead atoms. The monoisotopic (exact) mass is 923 g/mol. The van der Waals surface area contributed by atoms with Crippen LogP contribution in [-0.2, 0) is 23.9 Å². The van der Waals surface area contributed by atoms with Crippen LogP contribution in [0.25, 0.3) is 32.0 Å². The molecule has 2 saturated heterocycles. The molecular weight excluding hydrogens is 867 g/mol. The SMILES string of the molecule is CC(C)(C)OC(=O)C[C@@H](C(=O)N1CCC[C@H]1c1ncc(-c2ccc(-c3ccc(-c4cnc([C@@H]5CCCN5C(=O)[C@H](NC(=O)OC(C)(C)C)c5ccccc5)s4)cc3)cc2)s1)c1ccccc1. The Morgan fingerprint density at radius 3 is 1.52 bits per heavy atom. The zero-order valence-corrected chi connectivity index (χ0v) is 40.0. The number of thiazole rings is 2. The summed E-state index contributed by atoms with van der Waals surface area (Å²) in [5, 5.41) is 4.60. The number of nitrogens with one attached hydrogen (secondary N) is 1. The van der Waals surface area contributed by atoms with Gasteiger partial charge >= 0.3 is 12.1 Å². The van der Waals surface area contributed by atoms with Crippen LogP contribution in [0.2, 0.25) is 0 Å². The summed E-state index contributed by atoms with van der Waals surface area (Å²) in [4.78, 5) is 69.8. The molecule has 0 aliphatic carbocycles. The van der Waals surface area contributed by atoms with Gasteiger partial charge in [-0.15, -0.1) is 22.7 Å².